The highest BCUT2D eigenvalue weighted by Crippen LogP contribution is 2.24. The first-order chi connectivity index (χ1) is 10.8. The SMILES string of the molecule is COCC(=O)N1CCc2cc(S(=O)(=O)N(C)C(C)C)ccc2C1. The van der Waals surface area contributed by atoms with Crippen molar-refractivity contribution in [3.63, 3.8) is 0 Å². The summed E-state index contributed by atoms with van der Waals surface area (Å²) in [6, 6.07) is 5.07. The molecule has 0 saturated carbocycles. The molecular weight excluding hydrogens is 316 g/mol. The lowest BCUT2D eigenvalue weighted by atomic mass is 10.00. The molecule has 128 valence electrons. The van der Waals surface area contributed by atoms with E-state index < -0.39 is 10.0 Å². The third-order valence-electron chi connectivity index (χ3n) is 4.21. The van der Waals surface area contributed by atoms with E-state index in [-0.39, 0.29) is 18.6 Å². The van der Waals surface area contributed by atoms with E-state index in [1.165, 1.54) is 11.4 Å². The van der Waals surface area contributed by atoms with Gasteiger partial charge in [-0.2, -0.15) is 4.31 Å². The molecule has 1 aromatic carbocycles. The predicted molar refractivity (Wildman–Crippen MR) is 87.5 cm³/mol. The summed E-state index contributed by atoms with van der Waals surface area (Å²) in [5.41, 5.74) is 1.98. The molecule has 0 fully saturated rings. The standard InChI is InChI=1S/C16H24N2O4S/c1-12(2)17(3)23(20,21)15-6-5-14-10-18(16(19)11-22-4)8-7-13(14)9-15/h5-6,9,12H,7-8,10-11H2,1-4H3. The number of hydrogen-bond donors (Lipinski definition) is 0. The van der Waals surface area contributed by atoms with Crippen LogP contribution < -0.4 is 0 Å². The lowest BCUT2D eigenvalue weighted by molar-refractivity contribution is -0.136. The molecule has 0 N–H and O–H groups in total. The van der Waals surface area contributed by atoms with Gasteiger partial charge in [-0.1, -0.05) is 6.07 Å². The Hall–Kier alpha value is -1.44. The van der Waals surface area contributed by atoms with Crippen LogP contribution in [0.2, 0.25) is 0 Å². The zero-order valence-corrected chi connectivity index (χ0v) is 14.9. The summed E-state index contributed by atoms with van der Waals surface area (Å²) in [5.74, 6) is -0.0469. The highest BCUT2D eigenvalue weighted by atomic mass is 32.2. The Morgan fingerprint density at radius 1 is 1.35 bits per heavy atom. The second-order valence-electron chi connectivity index (χ2n) is 6.04. The third-order valence-corrected chi connectivity index (χ3v) is 6.24. The maximum Gasteiger partial charge on any atom is 0.248 e. The molecule has 23 heavy (non-hydrogen) atoms. The van der Waals surface area contributed by atoms with Crippen molar-refractivity contribution in [3.8, 4) is 0 Å². The average molecular weight is 340 g/mol. The quantitative estimate of drug-likeness (QED) is 0.809. The number of ether oxygens (including phenoxy) is 1. The first-order valence-corrected chi connectivity index (χ1v) is 9.08. The van der Waals surface area contributed by atoms with Crippen LogP contribution >= 0.6 is 0 Å². The first kappa shape index (κ1) is 17.9. The minimum Gasteiger partial charge on any atom is -0.375 e. The molecule has 0 atom stereocenters. The van der Waals surface area contributed by atoms with Crippen molar-refractivity contribution in [2.45, 2.75) is 37.8 Å². The Morgan fingerprint density at radius 3 is 2.65 bits per heavy atom. The van der Waals surface area contributed by atoms with E-state index in [0.29, 0.717) is 24.4 Å². The molecule has 2 rings (SSSR count). The van der Waals surface area contributed by atoms with Crippen molar-refractivity contribution in [1.29, 1.82) is 0 Å². The number of nitrogens with zero attached hydrogens (tertiary/aromatic N) is 2. The Balaban J connectivity index is 2.24. The minimum absolute atomic E-state index is 0.0469. The van der Waals surface area contributed by atoms with Gasteiger partial charge in [0.25, 0.3) is 0 Å². The molecule has 1 aliphatic rings. The van der Waals surface area contributed by atoms with Crippen LogP contribution in [0.1, 0.15) is 25.0 Å². The Bertz CT molecular complexity index is 685. The molecule has 0 aromatic heterocycles. The number of carbonyl (C=O) groups is 1. The van der Waals surface area contributed by atoms with Crippen LogP contribution in [0.5, 0.6) is 0 Å². The Labute approximate surface area is 138 Å². The smallest absolute Gasteiger partial charge is 0.248 e. The van der Waals surface area contributed by atoms with E-state index in [1.807, 2.05) is 19.9 Å². The van der Waals surface area contributed by atoms with Crippen LogP contribution in [0.3, 0.4) is 0 Å². The normalized spacial score (nSPS) is 15.1. The van der Waals surface area contributed by atoms with Crippen LogP contribution in [-0.4, -0.2) is 56.9 Å². The predicted octanol–water partition coefficient (Wildman–Crippen LogP) is 1.25. The van der Waals surface area contributed by atoms with Crippen LogP contribution in [-0.2, 0) is 32.5 Å². The summed E-state index contributed by atoms with van der Waals surface area (Å²) in [4.78, 5) is 13.9. The van der Waals surface area contributed by atoms with Crippen LogP contribution in [0.15, 0.2) is 23.1 Å². The van der Waals surface area contributed by atoms with E-state index in [2.05, 4.69) is 0 Å². The van der Waals surface area contributed by atoms with E-state index >= 15 is 0 Å². The third kappa shape index (κ3) is 3.73. The Kier molecular flexibility index (Phi) is 5.44. The van der Waals surface area contributed by atoms with E-state index in [1.54, 1.807) is 24.1 Å². The fourth-order valence-corrected chi connectivity index (χ4v) is 3.98. The number of benzene rings is 1. The van der Waals surface area contributed by atoms with Gasteiger partial charge in [0.05, 0.1) is 4.90 Å². The molecule has 1 amide bonds. The van der Waals surface area contributed by atoms with Crippen molar-refractivity contribution in [2.24, 2.45) is 0 Å². The number of hydrogen-bond acceptors (Lipinski definition) is 4. The van der Waals surface area contributed by atoms with Gasteiger partial charge in [-0.05, 0) is 43.5 Å². The van der Waals surface area contributed by atoms with Gasteiger partial charge in [-0.25, -0.2) is 8.42 Å². The fraction of sp³-hybridized carbons (Fsp3) is 0.562. The van der Waals surface area contributed by atoms with Crippen LogP contribution in [0.4, 0.5) is 0 Å². The van der Waals surface area contributed by atoms with Crippen molar-refractivity contribution in [1.82, 2.24) is 9.21 Å². The summed E-state index contributed by atoms with van der Waals surface area (Å²) in [6.45, 7) is 4.84. The molecule has 1 aromatic rings. The van der Waals surface area contributed by atoms with Gasteiger partial charge in [0.15, 0.2) is 0 Å². The maximum absolute atomic E-state index is 12.6. The molecule has 0 unspecified atom stereocenters. The fourth-order valence-electron chi connectivity index (χ4n) is 2.56. The Morgan fingerprint density at radius 2 is 2.04 bits per heavy atom. The minimum atomic E-state index is -3.48. The summed E-state index contributed by atoms with van der Waals surface area (Å²) in [6.07, 6.45) is 0.652. The van der Waals surface area contributed by atoms with Crippen molar-refractivity contribution < 1.29 is 17.9 Å². The van der Waals surface area contributed by atoms with E-state index in [9.17, 15) is 13.2 Å². The molecule has 0 spiro atoms. The van der Waals surface area contributed by atoms with Gasteiger partial charge in [0.1, 0.15) is 6.61 Å². The summed E-state index contributed by atoms with van der Waals surface area (Å²) in [5, 5.41) is 0. The second-order valence-corrected chi connectivity index (χ2v) is 8.04. The number of fused-ring (bicyclic) bond motifs is 1. The lowest BCUT2D eigenvalue weighted by Gasteiger charge is -2.29. The molecule has 0 aliphatic carbocycles. The van der Waals surface area contributed by atoms with Crippen molar-refractivity contribution >= 4 is 15.9 Å². The summed E-state index contributed by atoms with van der Waals surface area (Å²) >= 11 is 0. The van der Waals surface area contributed by atoms with Gasteiger partial charge >= 0.3 is 0 Å². The monoisotopic (exact) mass is 340 g/mol. The lowest BCUT2D eigenvalue weighted by Crippen LogP contribution is -2.38. The van der Waals surface area contributed by atoms with Gasteiger partial charge in [-0.3, -0.25) is 4.79 Å². The van der Waals surface area contributed by atoms with Crippen molar-refractivity contribution in [3.05, 3.63) is 29.3 Å². The summed E-state index contributed by atoms with van der Waals surface area (Å²) < 4.78 is 31.4. The van der Waals surface area contributed by atoms with E-state index in [4.69, 9.17) is 4.74 Å². The van der Waals surface area contributed by atoms with Gasteiger partial charge < -0.3 is 9.64 Å². The molecule has 0 bridgehead atoms. The maximum atomic E-state index is 12.6. The topological polar surface area (TPSA) is 66.9 Å². The molecule has 1 heterocycles. The van der Waals surface area contributed by atoms with Crippen LogP contribution in [0.25, 0.3) is 0 Å². The molecular formula is C16H24N2O4S. The molecule has 0 radical (unpaired) electrons. The number of carbonyl (C=O) groups excluding carboxylic acids is 1. The molecule has 6 nitrogen and oxygen atoms in total. The van der Waals surface area contributed by atoms with Gasteiger partial charge in [0, 0.05) is 33.3 Å². The van der Waals surface area contributed by atoms with Gasteiger partial charge in [-0.15, -0.1) is 0 Å². The summed E-state index contributed by atoms with van der Waals surface area (Å²) in [7, 11) is -0.391. The molecule has 7 heteroatoms. The molecule has 0 saturated heterocycles. The number of sulfonamides is 1. The zero-order chi connectivity index (χ0) is 17.2. The number of amides is 1. The highest BCUT2D eigenvalue weighted by molar-refractivity contribution is 7.89. The number of rotatable bonds is 5. The average Bonchev–Trinajstić information content (AvgIpc) is 2.53. The van der Waals surface area contributed by atoms with Gasteiger partial charge in [0.2, 0.25) is 15.9 Å². The van der Waals surface area contributed by atoms with E-state index in [0.717, 1.165) is 11.1 Å². The van der Waals surface area contributed by atoms with Crippen molar-refractivity contribution in [2.75, 3.05) is 27.3 Å². The first-order valence-electron chi connectivity index (χ1n) is 7.64. The highest BCUT2D eigenvalue weighted by Gasteiger charge is 2.26. The van der Waals surface area contributed by atoms with Crippen LogP contribution in [0, 0.1) is 0 Å². The second kappa shape index (κ2) is 6.98. The number of methoxy groups -OCH3 is 1. The molecule has 1 aliphatic heterocycles. The largest absolute Gasteiger partial charge is 0.375 e. The zero-order valence-electron chi connectivity index (χ0n) is 14.1.